The fourth-order valence-corrected chi connectivity index (χ4v) is 0.246. The molecule has 0 saturated carbocycles. The highest BCUT2D eigenvalue weighted by Crippen LogP contribution is 1.78. The smallest absolute Gasteiger partial charge is 0.327 e. The van der Waals surface area contributed by atoms with Crippen LogP contribution in [0.3, 0.4) is 0 Å². The zero-order valence-electron chi connectivity index (χ0n) is 7.37. The summed E-state index contributed by atoms with van der Waals surface area (Å²) in [6, 6.07) is 0. The molecule has 4 nitrogen and oxygen atoms in total. The third-order valence-electron chi connectivity index (χ3n) is 0.684. The van der Waals surface area contributed by atoms with Crippen molar-refractivity contribution in [2.24, 2.45) is 0 Å². The van der Waals surface area contributed by atoms with Gasteiger partial charge in [-0.05, 0) is 6.42 Å². The average molecular weight is 174 g/mol. The minimum absolute atomic E-state index is 0.193. The minimum atomic E-state index is -0.981. The Hall–Kier alpha value is -1.32. The van der Waals surface area contributed by atoms with Crippen LogP contribution in [0, 0.1) is 0 Å². The fourth-order valence-electron chi connectivity index (χ4n) is 0.246. The van der Waals surface area contributed by atoms with E-state index in [4.69, 9.17) is 5.11 Å². The number of rotatable bonds is 3. The van der Waals surface area contributed by atoms with Gasteiger partial charge in [-0.1, -0.05) is 13.5 Å². The van der Waals surface area contributed by atoms with E-state index in [0.29, 0.717) is 6.61 Å². The maximum atomic E-state index is 9.98. The number of esters is 1. The number of carboxylic acids is 1. The van der Waals surface area contributed by atoms with Crippen molar-refractivity contribution in [3.63, 3.8) is 0 Å². The number of carboxylic acid groups (broad SMARTS) is 1. The average Bonchev–Trinajstić information content (AvgIpc) is 2.02. The molecule has 0 unspecified atom stereocenters. The van der Waals surface area contributed by atoms with Gasteiger partial charge in [-0.15, -0.1) is 0 Å². The first-order valence-corrected chi connectivity index (χ1v) is 3.53. The summed E-state index contributed by atoms with van der Waals surface area (Å²) in [6.07, 6.45) is 1.74. The number of carbonyl (C=O) groups excluding carboxylic acids is 1. The van der Waals surface area contributed by atoms with E-state index in [1.807, 2.05) is 6.92 Å². The Morgan fingerprint density at radius 2 is 2.00 bits per heavy atom. The molecular formula is C8H14O4. The van der Waals surface area contributed by atoms with Gasteiger partial charge in [-0.2, -0.15) is 0 Å². The van der Waals surface area contributed by atoms with Crippen LogP contribution in [0.4, 0.5) is 0 Å². The molecule has 0 rings (SSSR count). The summed E-state index contributed by atoms with van der Waals surface area (Å²) in [4.78, 5) is 19.2. The third kappa shape index (κ3) is 23.4. The van der Waals surface area contributed by atoms with Crippen molar-refractivity contribution in [2.75, 3.05) is 6.61 Å². The van der Waals surface area contributed by atoms with Crippen molar-refractivity contribution in [3.05, 3.63) is 12.7 Å². The van der Waals surface area contributed by atoms with Crippen LogP contribution < -0.4 is 0 Å². The van der Waals surface area contributed by atoms with Crippen LogP contribution in [0.2, 0.25) is 0 Å². The number of hydrogen-bond acceptors (Lipinski definition) is 3. The zero-order valence-corrected chi connectivity index (χ0v) is 7.37. The molecule has 0 aliphatic carbocycles. The second-order valence-electron chi connectivity index (χ2n) is 1.88. The number of carbonyl (C=O) groups is 2. The summed E-state index contributed by atoms with van der Waals surface area (Å²) in [5.74, 6) is -1.17. The van der Waals surface area contributed by atoms with E-state index in [-0.39, 0.29) is 5.97 Å². The topological polar surface area (TPSA) is 63.6 Å². The molecule has 0 atom stereocenters. The number of hydrogen-bond donors (Lipinski definition) is 1. The monoisotopic (exact) mass is 174 g/mol. The van der Waals surface area contributed by atoms with Crippen LogP contribution in [0.15, 0.2) is 12.7 Å². The van der Waals surface area contributed by atoms with E-state index < -0.39 is 5.97 Å². The van der Waals surface area contributed by atoms with Crippen LogP contribution in [-0.2, 0) is 14.3 Å². The van der Waals surface area contributed by atoms with Gasteiger partial charge in [-0.25, -0.2) is 4.79 Å². The molecule has 0 bridgehead atoms. The summed E-state index contributed by atoms with van der Waals surface area (Å²) in [5, 5.41) is 7.60. The summed E-state index contributed by atoms with van der Waals surface area (Å²) in [7, 11) is 0. The number of aliphatic carboxylic acids is 1. The molecule has 0 aromatic rings. The molecule has 0 aromatic heterocycles. The normalized spacial score (nSPS) is 7.50. The Balaban J connectivity index is 0. The number of ether oxygens (including phenoxy) is 1. The molecule has 70 valence electrons. The summed E-state index contributed by atoms with van der Waals surface area (Å²) in [6.45, 7) is 6.89. The first kappa shape index (κ1) is 13.3. The van der Waals surface area contributed by atoms with Crippen molar-refractivity contribution in [3.8, 4) is 0 Å². The van der Waals surface area contributed by atoms with Gasteiger partial charge in [0, 0.05) is 13.0 Å². The molecule has 0 spiro atoms. The highest BCUT2D eigenvalue weighted by Gasteiger charge is 1.85. The lowest BCUT2D eigenvalue weighted by Gasteiger charge is -1.93. The molecule has 0 aromatic carbocycles. The first-order valence-electron chi connectivity index (χ1n) is 3.53. The maximum absolute atomic E-state index is 9.98. The highest BCUT2D eigenvalue weighted by molar-refractivity contribution is 5.78. The third-order valence-corrected chi connectivity index (χ3v) is 0.684. The van der Waals surface area contributed by atoms with Crippen LogP contribution in [0.25, 0.3) is 0 Å². The van der Waals surface area contributed by atoms with E-state index >= 15 is 0 Å². The second kappa shape index (κ2) is 9.68. The Morgan fingerprint density at radius 3 is 2.08 bits per heavy atom. The molecule has 0 radical (unpaired) electrons. The lowest BCUT2D eigenvalue weighted by atomic mass is 10.5. The van der Waals surface area contributed by atoms with Crippen molar-refractivity contribution >= 4 is 11.9 Å². The minimum Gasteiger partial charge on any atom is -0.478 e. The predicted molar refractivity (Wildman–Crippen MR) is 44.8 cm³/mol. The predicted octanol–water partition coefficient (Wildman–Crippen LogP) is 1.22. The van der Waals surface area contributed by atoms with Gasteiger partial charge >= 0.3 is 11.9 Å². The summed E-state index contributed by atoms with van der Waals surface area (Å²) >= 11 is 0. The van der Waals surface area contributed by atoms with Crippen LogP contribution >= 0.6 is 0 Å². The molecule has 4 heteroatoms. The van der Waals surface area contributed by atoms with Crippen molar-refractivity contribution in [1.29, 1.82) is 0 Å². The van der Waals surface area contributed by atoms with Gasteiger partial charge in [0.15, 0.2) is 0 Å². The van der Waals surface area contributed by atoms with Gasteiger partial charge in [0.1, 0.15) is 0 Å². The van der Waals surface area contributed by atoms with E-state index in [2.05, 4.69) is 11.3 Å². The Morgan fingerprint density at radius 1 is 1.58 bits per heavy atom. The molecular weight excluding hydrogens is 160 g/mol. The van der Waals surface area contributed by atoms with Crippen molar-refractivity contribution < 1.29 is 19.4 Å². The van der Waals surface area contributed by atoms with Crippen molar-refractivity contribution in [2.45, 2.75) is 20.3 Å². The van der Waals surface area contributed by atoms with Gasteiger partial charge in [-0.3, -0.25) is 4.79 Å². The van der Waals surface area contributed by atoms with Crippen LogP contribution in [-0.4, -0.2) is 23.7 Å². The van der Waals surface area contributed by atoms with Gasteiger partial charge in [0.25, 0.3) is 0 Å². The summed E-state index contributed by atoms with van der Waals surface area (Å²) in [5.41, 5.74) is 0. The van der Waals surface area contributed by atoms with Gasteiger partial charge in [0.2, 0.25) is 0 Å². The largest absolute Gasteiger partial charge is 0.478 e. The van der Waals surface area contributed by atoms with E-state index in [0.717, 1.165) is 12.5 Å². The molecule has 1 N–H and O–H groups in total. The molecule has 12 heavy (non-hydrogen) atoms. The molecule has 0 aliphatic heterocycles. The lowest BCUT2D eigenvalue weighted by molar-refractivity contribution is -0.141. The molecule has 0 fully saturated rings. The second-order valence-corrected chi connectivity index (χ2v) is 1.88. The summed E-state index contributed by atoms with van der Waals surface area (Å²) < 4.78 is 4.55. The van der Waals surface area contributed by atoms with E-state index in [1.54, 1.807) is 0 Å². The van der Waals surface area contributed by atoms with Crippen LogP contribution in [0.5, 0.6) is 0 Å². The molecule has 0 saturated heterocycles. The van der Waals surface area contributed by atoms with Gasteiger partial charge in [0.05, 0.1) is 6.61 Å². The Kier molecular flexibility index (Phi) is 10.7. The fraction of sp³-hybridized carbons (Fsp3) is 0.500. The van der Waals surface area contributed by atoms with Crippen molar-refractivity contribution in [1.82, 2.24) is 0 Å². The highest BCUT2D eigenvalue weighted by atomic mass is 16.5. The first-order chi connectivity index (χ1) is 5.54. The molecule has 0 amide bonds. The Bertz CT molecular complexity index is 151. The quantitative estimate of drug-likeness (QED) is 0.516. The zero-order chi connectivity index (χ0) is 9.98. The molecule has 0 aliphatic rings. The van der Waals surface area contributed by atoms with Crippen LogP contribution in [0.1, 0.15) is 20.3 Å². The lowest BCUT2D eigenvalue weighted by Crippen LogP contribution is -1.98. The van der Waals surface area contributed by atoms with E-state index in [9.17, 15) is 9.59 Å². The standard InChI is InChI=1S/C5H10O2.C3H4O2/c1-3-4-7-5(2)6;1-2-3(4)5/h3-4H2,1-2H3;2H,1H2,(H,4,5). The Labute approximate surface area is 71.8 Å². The van der Waals surface area contributed by atoms with Gasteiger partial charge < -0.3 is 9.84 Å². The molecule has 0 heterocycles. The SMILES string of the molecule is C=CC(=O)O.CCCOC(C)=O. The maximum Gasteiger partial charge on any atom is 0.327 e. The van der Waals surface area contributed by atoms with E-state index in [1.165, 1.54) is 6.92 Å².